The van der Waals surface area contributed by atoms with Crippen LogP contribution in [0.2, 0.25) is 5.02 Å². The number of nitrogens with one attached hydrogen (secondary N) is 1. The van der Waals surface area contributed by atoms with E-state index in [2.05, 4.69) is 39.4 Å². The van der Waals surface area contributed by atoms with Gasteiger partial charge in [0.15, 0.2) is 0 Å². The normalized spacial score (nSPS) is 12.9. The maximum atomic E-state index is 6.33. The van der Waals surface area contributed by atoms with E-state index in [0.717, 1.165) is 33.8 Å². The first-order valence-electron chi connectivity index (χ1n) is 5.98. The van der Waals surface area contributed by atoms with Crippen molar-refractivity contribution in [1.29, 1.82) is 0 Å². The van der Waals surface area contributed by atoms with Crippen LogP contribution in [-0.4, -0.2) is 9.78 Å². The van der Waals surface area contributed by atoms with Gasteiger partial charge in [-0.2, -0.15) is 5.10 Å². The molecule has 4 nitrogen and oxygen atoms in total. The Morgan fingerprint density at radius 3 is 2.89 bits per heavy atom. The van der Waals surface area contributed by atoms with Crippen LogP contribution in [0.1, 0.15) is 29.2 Å². The third-order valence-electron chi connectivity index (χ3n) is 2.98. The van der Waals surface area contributed by atoms with Crippen LogP contribution in [0, 0.1) is 6.92 Å². The number of aromatic nitrogens is 2. The van der Waals surface area contributed by atoms with Crippen LogP contribution in [0.5, 0.6) is 0 Å². The molecule has 0 amide bonds. The number of hydrogen-bond donors (Lipinski definition) is 2. The third kappa shape index (κ3) is 3.20. The SMILES string of the molecule is CCn1nc(C)c(Cl)c1CC(NN)c1cc(Br)cs1. The number of hydrogen-bond acceptors (Lipinski definition) is 4. The Morgan fingerprint density at radius 2 is 2.37 bits per heavy atom. The number of nitrogens with zero attached hydrogens (tertiary/aromatic N) is 2. The van der Waals surface area contributed by atoms with Crippen LogP contribution in [0.15, 0.2) is 15.9 Å². The summed E-state index contributed by atoms with van der Waals surface area (Å²) >= 11 is 11.5. The van der Waals surface area contributed by atoms with Crippen molar-refractivity contribution in [3.63, 3.8) is 0 Å². The topological polar surface area (TPSA) is 55.9 Å². The monoisotopic (exact) mass is 362 g/mol. The zero-order valence-electron chi connectivity index (χ0n) is 10.8. The predicted octanol–water partition coefficient (Wildman–Crippen LogP) is 3.44. The Balaban J connectivity index is 2.28. The fourth-order valence-electron chi connectivity index (χ4n) is 2.01. The van der Waals surface area contributed by atoms with Gasteiger partial charge in [-0.05, 0) is 35.8 Å². The van der Waals surface area contributed by atoms with E-state index in [1.807, 2.05) is 17.0 Å². The second-order valence-electron chi connectivity index (χ2n) is 4.25. The Bertz CT molecular complexity index is 566. The van der Waals surface area contributed by atoms with Crippen LogP contribution in [0.3, 0.4) is 0 Å². The van der Waals surface area contributed by atoms with Gasteiger partial charge in [-0.25, -0.2) is 0 Å². The molecule has 0 aliphatic rings. The molecule has 0 saturated carbocycles. The number of rotatable bonds is 5. The van der Waals surface area contributed by atoms with Crippen molar-refractivity contribution in [1.82, 2.24) is 15.2 Å². The van der Waals surface area contributed by atoms with Crippen LogP contribution < -0.4 is 11.3 Å². The van der Waals surface area contributed by atoms with Gasteiger partial charge in [0.1, 0.15) is 0 Å². The number of aryl methyl sites for hydroxylation is 2. The molecular formula is C12H16BrClN4S. The molecule has 0 aromatic carbocycles. The van der Waals surface area contributed by atoms with Crippen molar-refractivity contribution in [2.24, 2.45) is 5.84 Å². The zero-order chi connectivity index (χ0) is 14.0. The average Bonchev–Trinajstić information content (AvgIpc) is 2.93. The third-order valence-corrected chi connectivity index (χ3v) is 5.28. The number of halogens is 2. The molecule has 2 rings (SSSR count). The minimum Gasteiger partial charge on any atom is -0.271 e. The summed E-state index contributed by atoms with van der Waals surface area (Å²) in [6.45, 7) is 4.78. The quantitative estimate of drug-likeness (QED) is 0.632. The molecular weight excluding hydrogens is 348 g/mol. The molecule has 7 heteroatoms. The van der Waals surface area contributed by atoms with Gasteiger partial charge in [0, 0.05) is 27.7 Å². The summed E-state index contributed by atoms with van der Waals surface area (Å²) in [5, 5.41) is 7.20. The Hall–Kier alpha value is -0.400. The predicted molar refractivity (Wildman–Crippen MR) is 83.4 cm³/mol. The first-order chi connectivity index (χ1) is 9.06. The van der Waals surface area contributed by atoms with E-state index in [-0.39, 0.29) is 6.04 Å². The summed E-state index contributed by atoms with van der Waals surface area (Å²) in [7, 11) is 0. The van der Waals surface area contributed by atoms with Crippen LogP contribution in [0.4, 0.5) is 0 Å². The van der Waals surface area contributed by atoms with Gasteiger partial charge < -0.3 is 0 Å². The van der Waals surface area contributed by atoms with Gasteiger partial charge in [0.2, 0.25) is 0 Å². The second kappa shape index (κ2) is 6.37. The highest BCUT2D eigenvalue weighted by molar-refractivity contribution is 9.10. The van der Waals surface area contributed by atoms with E-state index in [1.165, 1.54) is 4.88 Å². The molecule has 0 aliphatic heterocycles. The van der Waals surface area contributed by atoms with E-state index in [9.17, 15) is 0 Å². The molecule has 2 aromatic rings. The molecule has 2 aromatic heterocycles. The molecule has 0 bridgehead atoms. The van der Waals surface area contributed by atoms with Gasteiger partial charge in [-0.3, -0.25) is 16.0 Å². The minimum atomic E-state index is 0.0372. The Labute approximate surface area is 130 Å². The first kappa shape index (κ1) is 15.0. The van der Waals surface area contributed by atoms with E-state index < -0.39 is 0 Å². The molecule has 0 fully saturated rings. The molecule has 19 heavy (non-hydrogen) atoms. The molecule has 0 radical (unpaired) electrons. The van der Waals surface area contributed by atoms with Crippen LogP contribution >= 0.6 is 38.9 Å². The molecule has 0 aliphatic carbocycles. The van der Waals surface area contributed by atoms with Gasteiger partial charge in [-0.1, -0.05) is 11.6 Å². The van der Waals surface area contributed by atoms with Gasteiger partial charge in [0.25, 0.3) is 0 Å². The lowest BCUT2D eigenvalue weighted by molar-refractivity contribution is 0.523. The fourth-order valence-corrected chi connectivity index (χ4v) is 3.73. The van der Waals surface area contributed by atoms with E-state index in [0.29, 0.717) is 0 Å². The molecule has 1 unspecified atom stereocenters. The van der Waals surface area contributed by atoms with Gasteiger partial charge in [0.05, 0.1) is 22.5 Å². The maximum absolute atomic E-state index is 6.33. The second-order valence-corrected chi connectivity index (χ2v) is 6.49. The molecule has 104 valence electrons. The van der Waals surface area contributed by atoms with Gasteiger partial charge in [-0.15, -0.1) is 11.3 Å². The van der Waals surface area contributed by atoms with Crippen LogP contribution in [0.25, 0.3) is 0 Å². The van der Waals surface area contributed by atoms with Crippen molar-refractivity contribution < 1.29 is 0 Å². The highest BCUT2D eigenvalue weighted by Crippen LogP contribution is 2.30. The zero-order valence-corrected chi connectivity index (χ0v) is 13.9. The Morgan fingerprint density at radius 1 is 1.63 bits per heavy atom. The van der Waals surface area contributed by atoms with Crippen LogP contribution in [-0.2, 0) is 13.0 Å². The Kier molecular flexibility index (Phi) is 5.03. The van der Waals surface area contributed by atoms with Crippen molar-refractivity contribution in [2.45, 2.75) is 32.9 Å². The summed E-state index contributed by atoms with van der Waals surface area (Å²) in [4.78, 5) is 1.17. The molecule has 2 heterocycles. The van der Waals surface area contributed by atoms with E-state index in [4.69, 9.17) is 17.4 Å². The number of thiophene rings is 1. The summed E-state index contributed by atoms with van der Waals surface area (Å²) in [5.41, 5.74) is 4.74. The molecule has 1 atom stereocenters. The molecule has 0 spiro atoms. The highest BCUT2D eigenvalue weighted by atomic mass is 79.9. The smallest absolute Gasteiger partial charge is 0.0847 e. The van der Waals surface area contributed by atoms with Crippen molar-refractivity contribution in [3.05, 3.63) is 37.2 Å². The van der Waals surface area contributed by atoms with E-state index in [1.54, 1.807) is 11.3 Å². The minimum absolute atomic E-state index is 0.0372. The highest BCUT2D eigenvalue weighted by Gasteiger charge is 2.19. The standard InChI is InChI=1S/C12H16BrClN4S/c1-3-18-10(12(14)7(2)17-18)5-9(16-15)11-4-8(13)6-19-11/h4,6,9,16H,3,5,15H2,1-2H3. The van der Waals surface area contributed by atoms with E-state index >= 15 is 0 Å². The summed E-state index contributed by atoms with van der Waals surface area (Å²) in [6, 6.07) is 2.11. The lowest BCUT2D eigenvalue weighted by atomic mass is 10.1. The van der Waals surface area contributed by atoms with Crippen molar-refractivity contribution in [3.8, 4) is 0 Å². The summed E-state index contributed by atoms with van der Waals surface area (Å²) in [6.07, 6.45) is 0.719. The molecule has 3 N–H and O–H groups in total. The van der Waals surface area contributed by atoms with Crippen molar-refractivity contribution >= 4 is 38.9 Å². The van der Waals surface area contributed by atoms with Gasteiger partial charge >= 0.3 is 0 Å². The summed E-state index contributed by atoms with van der Waals surface area (Å²) in [5.74, 6) is 5.68. The number of hydrazine groups is 1. The largest absolute Gasteiger partial charge is 0.271 e. The van der Waals surface area contributed by atoms with Crippen molar-refractivity contribution in [2.75, 3.05) is 0 Å². The lowest BCUT2D eigenvalue weighted by Crippen LogP contribution is -2.29. The number of nitrogens with two attached hydrogens (primary N) is 1. The fraction of sp³-hybridized carbons (Fsp3) is 0.417. The lowest BCUT2D eigenvalue weighted by Gasteiger charge is -2.15. The molecule has 0 saturated heterocycles. The first-order valence-corrected chi connectivity index (χ1v) is 8.03. The average molecular weight is 364 g/mol. The summed E-state index contributed by atoms with van der Waals surface area (Å²) < 4.78 is 3.00. The maximum Gasteiger partial charge on any atom is 0.0847 e.